The van der Waals surface area contributed by atoms with Gasteiger partial charge in [-0.2, -0.15) is 0 Å². The molecular weight excluding hydrogens is 751 g/mol. The van der Waals surface area contributed by atoms with Crippen molar-refractivity contribution in [3.8, 4) is 0 Å². The van der Waals surface area contributed by atoms with Crippen molar-refractivity contribution >= 4 is 18.1 Å². The lowest BCUT2D eigenvalue weighted by Gasteiger charge is -2.35. The summed E-state index contributed by atoms with van der Waals surface area (Å²) < 4.78 is 11.8. The van der Waals surface area contributed by atoms with Crippen LogP contribution in [0.4, 0.5) is 9.59 Å². The maximum atomic E-state index is 13.0. The first-order chi connectivity index (χ1) is 23.6. The summed E-state index contributed by atoms with van der Waals surface area (Å²) in [5, 5.41) is 11.7. The first kappa shape index (κ1) is 52.0. The Balaban J connectivity index is 0. The Morgan fingerprint density at radius 3 is 1.08 bits per heavy atom. The van der Waals surface area contributed by atoms with Gasteiger partial charge in [0.1, 0.15) is 11.2 Å². The zero-order valence-corrected chi connectivity index (χ0v) is 37.4. The van der Waals surface area contributed by atoms with Gasteiger partial charge in [0.2, 0.25) is 5.96 Å². The van der Waals surface area contributed by atoms with Crippen molar-refractivity contribution in [3.05, 3.63) is 0 Å². The van der Waals surface area contributed by atoms with Crippen LogP contribution in [0.1, 0.15) is 209 Å². The van der Waals surface area contributed by atoms with Crippen LogP contribution in [0.2, 0.25) is 0 Å². The summed E-state index contributed by atoms with van der Waals surface area (Å²) in [6.45, 7) is 18.5. The summed E-state index contributed by atoms with van der Waals surface area (Å²) in [4.78, 5) is 26.6. The fourth-order valence-corrected chi connectivity index (χ4v) is 6.40. The number of carbonyl (C=O) groups excluding carboxylic acids is 2. The maximum absolute atomic E-state index is 13.0. The van der Waals surface area contributed by atoms with Crippen LogP contribution < -0.4 is 29.3 Å². The molecule has 0 bridgehead atoms. The third kappa shape index (κ3) is 32.1. The molecule has 0 saturated carbocycles. The number of rotatable bonds is 29. The van der Waals surface area contributed by atoms with Crippen LogP contribution in [0, 0.1) is 5.41 Å². The number of likely N-dealkylation sites (N-methyl/N-ethyl adjacent to an activating group) is 1. The van der Waals surface area contributed by atoms with Crippen LogP contribution in [-0.4, -0.2) is 72.0 Å². The molecule has 51 heavy (non-hydrogen) atoms. The summed E-state index contributed by atoms with van der Waals surface area (Å²) in [5.74, 6) is -0.309. The number of carbonyl (C=O) groups is 2. The Hall–Kier alpha value is -1.10. The van der Waals surface area contributed by atoms with Crippen LogP contribution in [0.15, 0.2) is 0 Å². The maximum Gasteiger partial charge on any atom is 0.427 e. The smallest absolute Gasteiger partial charge is 0.427 e. The number of halogens is 1. The highest BCUT2D eigenvalue weighted by molar-refractivity contribution is 6.06. The van der Waals surface area contributed by atoms with E-state index in [9.17, 15) is 9.59 Å². The second-order valence-corrected chi connectivity index (χ2v) is 17.1. The molecule has 0 radical (unpaired) electrons. The molecule has 9 heteroatoms. The van der Waals surface area contributed by atoms with Crippen LogP contribution in [-0.2, 0) is 9.47 Å². The highest BCUT2D eigenvalue weighted by atomic mass is 127. The van der Waals surface area contributed by atoms with Gasteiger partial charge in [-0.3, -0.25) is 5.41 Å². The highest BCUT2D eigenvalue weighted by Crippen LogP contribution is 2.18. The summed E-state index contributed by atoms with van der Waals surface area (Å²) >= 11 is 0. The number of imide groups is 1. The average molecular weight is 837 g/mol. The molecule has 0 unspecified atom stereocenters. The summed E-state index contributed by atoms with van der Waals surface area (Å²) in [6, 6.07) is 0. The lowest BCUT2D eigenvalue weighted by atomic mass is 10.0. The molecule has 0 fully saturated rings. The molecule has 0 spiro atoms. The minimum Gasteiger partial charge on any atom is -1.00 e. The molecule has 0 atom stereocenters. The number of nitrogens with zero attached hydrogens (tertiary/aromatic N) is 2. The number of quaternary nitrogens is 1. The number of ether oxygens (including phenoxy) is 2. The molecule has 0 aliphatic rings. The van der Waals surface area contributed by atoms with Crippen LogP contribution >= 0.6 is 0 Å². The fraction of sp³-hybridized carbons (Fsp3) is 0.929. The number of hydrogen-bond acceptors (Lipinski definition) is 5. The van der Waals surface area contributed by atoms with Crippen LogP contribution in [0.5, 0.6) is 0 Å². The van der Waals surface area contributed by atoms with Gasteiger partial charge >= 0.3 is 12.2 Å². The predicted octanol–water partition coefficient (Wildman–Crippen LogP) is 9.54. The molecule has 0 aliphatic carbocycles. The molecular formula is C42H85IN4O4. The van der Waals surface area contributed by atoms with E-state index in [1.807, 2.05) is 0 Å². The summed E-state index contributed by atoms with van der Waals surface area (Å²) in [6.07, 6.45) is 30.4. The average Bonchev–Trinajstić information content (AvgIpc) is 3.00. The van der Waals surface area contributed by atoms with Crippen molar-refractivity contribution in [2.45, 2.75) is 221 Å². The second-order valence-electron chi connectivity index (χ2n) is 17.1. The SMILES string of the molecule is CCCCCCCCCCCCCC[N+](C)(CCCCCCCCCCCCCC)CCNC(=N)N(C(=O)OC(C)(C)C)C(=O)OC(C)(C)C.[I-]. The zero-order chi connectivity index (χ0) is 37.7. The normalized spacial score (nSPS) is 11.9. The third-order valence-electron chi connectivity index (χ3n) is 9.42. The Bertz CT molecular complexity index is 816. The van der Waals surface area contributed by atoms with Gasteiger partial charge in [0.15, 0.2) is 0 Å². The minimum atomic E-state index is -0.908. The standard InChI is InChI=1S/C42H85N4O4.HI/c1-10-12-14-16-18-20-22-24-26-28-30-32-35-46(9,36-33-31-29-27-25-23-21-19-17-15-13-11-2)37-34-44-38(43)45(39(47)49-41(3,4)5)40(48)50-42(6,7)8;/h10-37H2,1-9H3,(H2,43,44);1H/q+1;/p-1. The Morgan fingerprint density at radius 2 is 0.804 bits per heavy atom. The molecule has 0 aromatic heterocycles. The number of guanidine groups is 1. The Morgan fingerprint density at radius 1 is 0.529 bits per heavy atom. The second kappa shape index (κ2) is 31.3. The monoisotopic (exact) mass is 837 g/mol. The van der Waals surface area contributed by atoms with Gasteiger partial charge in [0, 0.05) is 0 Å². The van der Waals surface area contributed by atoms with Crippen molar-refractivity contribution in [2.75, 3.05) is 33.2 Å². The van der Waals surface area contributed by atoms with E-state index in [0.717, 1.165) is 24.1 Å². The Kier molecular flexibility index (Phi) is 31.9. The molecule has 0 aliphatic heterocycles. The summed E-state index contributed by atoms with van der Waals surface area (Å²) in [7, 11) is 2.34. The van der Waals surface area contributed by atoms with Gasteiger partial charge in [-0.15, -0.1) is 4.90 Å². The number of hydrogen-bond donors (Lipinski definition) is 2. The molecule has 0 saturated heterocycles. The Labute approximate surface area is 333 Å². The lowest BCUT2D eigenvalue weighted by Crippen LogP contribution is -3.00. The zero-order valence-electron chi connectivity index (χ0n) is 35.2. The first-order valence-corrected chi connectivity index (χ1v) is 21.1. The number of unbranched alkanes of at least 4 members (excludes halogenated alkanes) is 22. The van der Waals surface area contributed by atoms with E-state index < -0.39 is 23.4 Å². The minimum absolute atomic E-state index is 0. The number of amides is 2. The largest absolute Gasteiger partial charge is 1.00 e. The van der Waals surface area contributed by atoms with Gasteiger partial charge in [0.05, 0.1) is 33.2 Å². The lowest BCUT2D eigenvalue weighted by molar-refractivity contribution is -0.908. The van der Waals surface area contributed by atoms with Gasteiger partial charge in [-0.05, 0) is 67.2 Å². The van der Waals surface area contributed by atoms with Gasteiger partial charge in [-0.1, -0.05) is 142 Å². The van der Waals surface area contributed by atoms with Gasteiger partial charge < -0.3 is 43.3 Å². The van der Waals surface area contributed by atoms with Gasteiger partial charge in [-0.25, -0.2) is 9.59 Å². The van der Waals surface area contributed by atoms with E-state index in [4.69, 9.17) is 14.9 Å². The van der Waals surface area contributed by atoms with Crippen molar-refractivity contribution in [3.63, 3.8) is 0 Å². The van der Waals surface area contributed by atoms with Crippen molar-refractivity contribution in [1.29, 1.82) is 5.41 Å². The quantitative estimate of drug-likeness (QED) is 0.0258. The topological polar surface area (TPSA) is 91.7 Å². The van der Waals surface area contributed by atoms with E-state index in [1.165, 1.54) is 154 Å². The highest BCUT2D eigenvalue weighted by Gasteiger charge is 2.35. The number of nitrogens with one attached hydrogen (secondary N) is 2. The predicted molar refractivity (Wildman–Crippen MR) is 213 cm³/mol. The van der Waals surface area contributed by atoms with E-state index in [0.29, 0.717) is 11.4 Å². The molecule has 0 aromatic carbocycles. The van der Waals surface area contributed by atoms with Crippen molar-refractivity contribution in [1.82, 2.24) is 10.2 Å². The molecule has 0 aromatic rings. The van der Waals surface area contributed by atoms with Gasteiger partial charge in [0.25, 0.3) is 0 Å². The van der Waals surface area contributed by atoms with E-state index in [2.05, 4.69) is 26.2 Å². The molecule has 8 nitrogen and oxygen atoms in total. The molecule has 304 valence electrons. The third-order valence-corrected chi connectivity index (χ3v) is 9.42. The molecule has 2 N–H and O–H groups in total. The van der Waals surface area contributed by atoms with Crippen molar-refractivity contribution < 1.29 is 47.5 Å². The van der Waals surface area contributed by atoms with Crippen LogP contribution in [0.25, 0.3) is 0 Å². The molecule has 0 rings (SSSR count). The van der Waals surface area contributed by atoms with Crippen LogP contribution in [0.3, 0.4) is 0 Å². The summed E-state index contributed by atoms with van der Waals surface area (Å²) in [5.41, 5.74) is -1.62. The molecule has 0 heterocycles. The fourth-order valence-electron chi connectivity index (χ4n) is 6.40. The van der Waals surface area contributed by atoms with E-state index >= 15 is 0 Å². The van der Waals surface area contributed by atoms with E-state index in [1.54, 1.807) is 41.5 Å². The first-order valence-electron chi connectivity index (χ1n) is 21.1. The van der Waals surface area contributed by atoms with Crippen molar-refractivity contribution in [2.24, 2.45) is 0 Å². The molecule has 2 amide bonds. The van der Waals surface area contributed by atoms with E-state index in [-0.39, 0.29) is 29.9 Å².